The van der Waals surface area contributed by atoms with Crippen molar-refractivity contribution in [2.45, 2.75) is 5.38 Å². The molecule has 0 radical (unpaired) electrons. The summed E-state index contributed by atoms with van der Waals surface area (Å²) in [4.78, 5) is 0.103. The van der Waals surface area contributed by atoms with Crippen LogP contribution >= 0.6 is 34.5 Å². The number of rotatable bonds is 2. The lowest BCUT2D eigenvalue weighted by Crippen LogP contribution is -2.09. The smallest absolute Gasteiger partial charge is 0.200 e. The SMILES string of the molecule is Fc1c(F)c(F)c(C(Cl)c2sccc2Cl)c(F)c1F. The molecule has 0 spiro atoms. The maximum Gasteiger partial charge on any atom is 0.200 e. The fourth-order valence-electron chi connectivity index (χ4n) is 1.46. The molecule has 102 valence electrons. The molecule has 8 heteroatoms. The summed E-state index contributed by atoms with van der Waals surface area (Å²) >= 11 is 12.4. The van der Waals surface area contributed by atoms with Gasteiger partial charge in [-0.15, -0.1) is 22.9 Å². The lowest BCUT2D eigenvalue weighted by molar-refractivity contribution is 0.371. The van der Waals surface area contributed by atoms with Gasteiger partial charge in [-0.1, -0.05) is 11.6 Å². The van der Waals surface area contributed by atoms with Crippen LogP contribution in [0.5, 0.6) is 0 Å². The van der Waals surface area contributed by atoms with E-state index < -0.39 is 40.0 Å². The summed E-state index contributed by atoms with van der Waals surface area (Å²) in [6, 6.07) is 1.41. The molecule has 0 nitrogen and oxygen atoms in total. The number of hydrogen-bond acceptors (Lipinski definition) is 1. The van der Waals surface area contributed by atoms with Gasteiger partial charge in [0.1, 0.15) is 5.38 Å². The standard InChI is InChI=1S/C11H3Cl2F5S/c12-3-1-2-19-11(3)5(13)4-6(14)8(16)10(18)9(17)7(4)15/h1-2,5H. The van der Waals surface area contributed by atoms with Crippen LogP contribution < -0.4 is 0 Å². The molecular weight excluding hydrogens is 330 g/mol. The molecule has 0 fully saturated rings. The summed E-state index contributed by atoms with van der Waals surface area (Å²) in [6.45, 7) is 0. The zero-order valence-corrected chi connectivity index (χ0v) is 11.1. The zero-order chi connectivity index (χ0) is 14.3. The summed E-state index contributed by atoms with van der Waals surface area (Å²) in [5.74, 6) is -10.2. The summed E-state index contributed by atoms with van der Waals surface area (Å²) in [6.07, 6.45) is 0. The van der Waals surface area contributed by atoms with Crippen LogP contribution in [0.15, 0.2) is 11.4 Å². The monoisotopic (exact) mass is 332 g/mol. The molecule has 1 unspecified atom stereocenters. The highest BCUT2D eigenvalue weighted by atomic mass is 35.5. The number of benzene rings is 1. The molecule has 0 aliphatic rings. The topological polar surface area (TPSA) is 0 Å². The Hall–Kier alpha value is -0.850. The van der Waals surface area contributed by atoms with E-state index in [2.05, 4.69) is 0 Å². The van der Waals surface area contributed by atoms with Gasteiger partial charge in [-0.25, -0.2) is 22.0 Å². The van der Waals surface area contributed by atoms with Gasteiger partial charge in [0.05, 0.1) is 10.6 Å². The Morgan fingerprint density at radius 2 is 1.37 bits per heavy atom. The first-order valence-corrected chi connectivity index (χ1v) is 6.44. The van der Waals surface area contributed by atoms with Gasteiger partial charge in [0, 0.05) is 4.88 Å². The summed E-state index contributed by atoms with van der Waals surface area (Å²) < 4.78 is 66.1. The fourth-order valence-corrected chi connectivity index (χ4v) is 3.13. The average molecular weight is 333 g/mol. The van der Waals surface area contributed by atoms with E-state index in [9.17, 15) is 22.0 Å². The van der Waals surface area contributed by atoms with Gasteiger partial charge in [-0.3, -0.25) is 0 Å². The van der Waals surface area contributed by atoms with E-state index in [1.54, 1.807) is 0 Å². The van der Waals surface area contributed by atoms with Crippen molar-refractivity contribution in [2.24, 2.45) is 0 Å². The van der Waals surface area contributed by atoms with Crippen LogP contribution in [0.3, 0.4) is 0 Å². The van der Waals surface area contributed by atoms with Crippen LogP contribution in [-0.2, 0) is 0 Å². The second-order valence-corrected chi connectivity index (χ2v) is 5.27. The summed E-state index contributed by atoms with van der Waals surface area (Å²) in [7, 11) is 0. The van der Waals surface area contributed by atoms with Crippen molar-refractivity contribution < 1.29 is 22.0 Å². The lowest BCUT2D eigenvalue weighted by Gasteiger charge is -2.12. The molecule has 0 aliphatic carbocycles. The van der Waals surface area contributed by atoms with Gasteiger partial charge in [0.25, 0.3) is 0 Å². The van der Waals surface area contributed by atoms with Gasteiger partial charge in [0.2, 0.25) is 5.82 Å². The van der Waals surface area contributed by atoms with Crippen molar-refractivity contribution in [3.05, 3.63) is 56.0 Å². The van der Waals surface area contributed by atoms with Gasteiger partial charge < -0.3 is 0 Å². The quantitative estimate of drug-likeness (QED) is 0.298. The molecule has 2 aromatic rings. The minimum Gasteiger partial charge on any atom is -0.203 e. The first kappa shape index (κ1) is 14.6. The molecule has 0 saturated carbocycles. The number of halogens is 7. The van der Waals surface area contributed by atoms with E-state index in [0.29, 0.717) is 0 Å². The summed E-state index contributed by atoms with van der Waals surface area (Å²) in [5, 5.41) is 0.0186. The minimum absolute atomic E-state index is 0.0916. The van der Waals surface area contributed by atoms with Crippen LogP contribution in [0.2, 0.25) is 5.02 Å². The van der Waals surface area contributed by atoms with E-state index in [4.69, 9.17) is 23.2 Å². The number of thiophene rings is 1. The van der Waals surface area contributed by atoms with Crippen molar-refractivity contribution in [2.75, 3.05) is 0 Å². The Morgan fingerprint density at radius 3 is 1.79 bits per heavy atom. The summed E-state index contributed by atoms with van der Waals surface area (Å²) in [5.41, 5.74) is -1.11. The second kappa shape index (κ2) is 5.26. The Bertz CT molecular complexity index is 611. The van der Waals surface area contributed by atoms with Crippen LogP contribution in [0.25, 0.3) is 0 Å². The van der Waals surface area contributed by atoms with Crippen molar-refractivity contribution in [1.82, 2.24) is 0 Å². The van der Waals surface area contributed by atoms with Crippen LogP contribution in [0, 0.1) is 29.1 Å². The normalized spacial score (nSPS) is 12.8. The highest BCUT2D eigenvalue weighted by molar-refractivity contribution is 7.11. The molecule has 0 amide bonds. The molecular formula is C11H3Cl2F5S. The highest BCUT2D eigenvalue weighted by Gasteiger charge is 2.31. The van der Waals surface area contributed by atoms with Crippen LogP contribution in [0.4, 0.5) is 22.0 Å². The van der Waals surface area contributed by atoms with Crippen molar-refractivity contribution in [3.8, 4) is 0 Å². The molecule has 1 atom stereocenters. The molecule has 0 N–H and O–H groups in total. The molecule has 19 heavy (non-hydrogen) atoms. The molecule has 0 saturated heterocycles. The number of alkyl halides is 1. The third-order valence-corrected chi connectivity index (χ3v) is 4.36. The van der Waals surface area contributed by atoms with Crippen molar-refractivity contribution >= 4 is 34.5 Å². The largest absolute Gasteiger partial charge is 0.203 e. The fraction of sp³-hybridized carbons (Fsp3) is 0.0909. The molecule has 0 bridgehead atoms. The van der Waals surface area contributed by atoms with E-state index in [1.807, 2.05) is 0 Å². The van der Waals surface area contributed by atoms with Gasteiger partial charge in [-0.05, 0) is 11.4 Å². The van der Waals surface area contributed by atoms with Crippen LogP contribution in [0.1, 0.15) is 15.8 Å². The van der Waals surface area contributed by atoms with Gasteiger partial charge >= 0.3 is 0 Å². The Kier molecular flexibility index (Phi) is 4.03. The van der Waals surface area contributed by atoms with E-state index in [0.717, 1.165) is 11.3 Å². The maximum atomic E-state index is 13.5. The number of hydrogen-bond donors (Lipinski definition) is 0. The Morgan fingerprint density at radius 1 is 0.895 bits per heavy atom. The third kappa shape index (κ3) is 2.32. The molecule has 1 aromatic heterocycles. The van der Waals surface area contributed by atoms with E-state index in [1.165, 1.54) is 11.4 Å². The minimum atomic E-state index is -2.22. The molecule has 1 aromatic carbocycles. The van der Waals surface area contributed by atoms with Crippen molar-refractivity contribution in [3.63, 3.8) is 0 Å². The van der Waals surface area contributed by atoms with Gasteiger partial charge in [0.15, 0.2) is 23.3 Å². The Labute approximate surface area is 118 Å². The van der Waals surface area contributed by atoms with E-state index in [-0.39, 0.29) is 9.90 Å². The average Bonchev–Trinajstić information content (AvgIpc) is 2.80. The predicted molar refractivity (Wildman–Crippen MR) is 63.3 cm³/mol. The maximum absolute atomic E-state index is 13.5. The van der Waals surface area contributed by atoms with Crippen molar-refractivity contribution in [1.29, 1.82) is 0 Å². The second-order valence-electron chi connectivity index (χ2n) is 3.48. The molecule has 0 aliphatic heterocycles. The molecule has 2 rings (SSSR count). The third-order valence-electron chi connectivity index (χ3n) is 2.37. The molecule has 1 heterocycles. The lowest BCUT2D eigenvalue weighted by atomic mass is 10.1. The first-order valence-electron chi connectivity index (χ1n) is 4.74. The van der Waals surface area contributed by atoms with Crippen LogP contribution in [-0.4, -0.2) is 0 Å². The van der Waals surface area contributed by atoms with E-state index >= 15 is 0 Å². The van der Waals surface area contributed by atoms with Gasteiger partial charge in [-0.2, -0.15) is 0 Å². The first-order chi connectivity index (χ1) is 8.86. The predicted octanol–water partition coefficient (Wildman–Crippen LogP) is 5.43. The highest BCUT2D eigenvalue weighted by Crippen LogP contribution is 2.40. The Balaban J connectivity index is 2.67. The zero-order valence-electron chi connectivity index (χ0n) is 8.79.